The highest BCUT2D eigenvalue weighted by molar-refractivity contribution is 6.24. The van der Waals surface area contributed by atoms with Gasteiger partial charge in [0, 0.05) is 27.2 Å². The van der Waals surface area contributed by atoms with E-state index in [0.29, 0.717) is 0 Å². The highest BCUT2D eigenvalue weighted by Gasteiger charge is 2.18. The number of para-hydroxylation sites is 1. The first kappa shape index (κ1) is 15.5. The topological polar surface area (TPSA) is 28.9 Å². The Labute approximate surface area is 162 Å². The zero-order chi connectivity index (χ0) is 18.8. The Bertz CT molecular complexity index is 1530. The van der Waals surface area contributed by atoms with Gasteiger partial charge < -0.3 is 9.40 Å². The van der Waals surface area contributed by atoms with Crippen molar-refractivity contribution in [2.45, 2.75) is 13.8 Å². The van der Waals surface area contributed by atoms with Crippen molar-refractivity contribution in [1.82, 2.24) is 4.98 Å². The van der Waals surface area contributed by atoms with E-state index < -0.39 is 0 Å². The Morgan fingerprint density at radius 3 is 2.25 bits per heavy atom. The van der Waals surface area contributed by atoms with Gasteiger partial charge in [-0.1, -0.05) is 54.6 Å². The van der Waals surface area contributed by atoms with Crippen LogP contribution in [-0.2, 0) is 0 Å². The molecule has 0 unspecified atom stereocenters. The maximum Gasteiger partial charge on any atom is 0.145 e. The molecule has 0 aliphatic carbocycles. The highest BCUT2D eigenvalue weighted by atomic mass is 16.3. The van der Waals surface area contributed by atoms with Crippen molar-refractivity contribution >= 4 is 43.7 Å². The number of aromatic nitrogens is 1. The molecule has 28 heavy (non-hydrogen) atoms. The minimum Gasteiger partial charge on any atom is -0.455 e. The molecule has 0 aliphatic rings. The summed E-state index contributed by atoms with van der Waals surface area (Å²) < 4.78 is 6.63. The molecule has 6 aromatic rings. The number of furan rings is 1. The molecule has 0 amide bonds. The molecule has 2 aromatic heterocycles. The number of H-pyrrole nitrogens is 1. The van der Waals surface area contributed by atoms with Crippen LogP contribution in [0.15, 0.2) is 77.2 Å². The zero-order valence-electron chi connectivity index (χ0n) is 15.8. The van der Waals surface area contributed by atoms with E-state index in [0.717, 1.165) is 27.6 Å². The minimum absolute atomic E-state index is 0.963. The van der Waals surface area contributed by atoms with E-state index in [-0.39, 0.29) is 0 Å². The number of aryl methyl sites for hydroxylation is 2. The molecule has 0 atom stereocenters. The quantitative estimate of drug-likeness (QED) is 0.323. The number of hydrogen-bond donors (Lipinski definition) is 1. The molecule has 2 nitrogen and oxygen atoms in total. The van der Waals surface area contributed by atoms with Gasteiger partial charge in [0.25, 0.3) is 0 Å². The lowest BCUT2D eigenvalue weighted by atomic mass is 9.94. The first-order chi connectivity index (χ1) is 13.7. The van der Waals surface area contributed by atoms with Crippen molar-refractivity contribution < 1.29 is 4.42 Å². The normalized spacial score (nSPS) is 11.9. The van der Waals surface area contributed by atoms with E-state index in [1.165, 1.54) is 38.4 Å². The van der Waals surface area contributed by atoms with Gasteiger partial charge in [0.2, 0.25) is 0 Å². The van der Waals surface area contributed by atoms with Crippen LogP contribution in [0.25, 0.3) is 54.9 Å². The molecule has 2 heterocycles. The molecule has 0 fully saturated rings. The second kappa shape index (κ2) is 5.49. The molecular formula is C26H19NO. The van der Waals surface area contributed by atoms with Gasteiger partial charge >= 0.3 is 0 Å². The number of rotatable bonds is 1. The molecule has 0 saturated carbocycles. The van der Waals surface area contributed by atoms with Crippen molar-refractivity contribution in [2.75, 3.05) is 0 Å². The van der Waals surface area contributed by atoms with E-state index >= 15 is 0 Å². The van der Waals surface area contributed by atoms with Gasteiger partial charge in [-0.25, -0.2) is 0 Å². The van der Waals surface area contributed by atoms with Gasteiger partial charge in [0.15, 0.2) is 0 Å². The van der Waals surface area contributed by atoms with Gasteiger partial charge in [-0.3, -0.25) is 0 Å². The third-order valence-corrected chi connectivity index (χ3v) is 5.90. The van der Waals surface area contributed by atoms with Crippen LogP contribution in [0.2, 0.25) is 0 Å². The predicted octanol–water partition coefficient (Wildman–Crippen LogP) is 7.50. The molecule has 134 valence electrons. The molecule has 1 N–H and O–H groups in total. The van der Waals surface area contributed by atoms with Crippen LogP contribution < -0.4 is 0 Å². The van der Waals surface area contributed by atoms with Crippen molar-refractivity contribution in [3.8, 4) is 11.1 Å². The van der Waals surface area contributed by atoms with Gasteiger partial charge in [0.1, 0.15) is 11.2 Å². The van der Waals surface area contributed by atoms with E-state index in [4.69, 9.17) is 4.42 Å². The van der Waals surface area contributed by atoms with Crippen LogP contribution in [0.3, 0.4) is 0 Å². The lowest BCUT2D eigenvalue weighted by Crippen LogP contribution is -1.87. The Kier molecular flexibility index (Phi) is 3.05. The van der Waals surface area contributed by atoms with Crippen LogP contribution in [0.5, 0.6) is 0 Å². The summed E-state index contributed by atoms with van der Waals surface area (Å²) in [5, 5.41) is 4.71. The highest BCUT2D eigenvalue weighted by Crippen LogP contribution is 2.42. The number of fused-ring (bicyclic) bond motifs is 7. The molecule has 6 rings (SSSR count). The van der Waals surface area contributed by atoms with Crippen LogP contribution in [0.1, 0.15) is 11.1 Å². The first-order valence-electron chi connectivity index (χ1n) is 9.63. The molecule has 0 radical (unpaired) electrons. The van der Waals surface area contributed by atoms with Crippen molar-refractivity contribution in [3.05, 3.63) is 83.9 Å². The lowest BCUT2D eigenvalue weighted by molar-refractivity contribution is 0.673. The smallest absolute Gasteiger partial charge is 0.145 e. The van der Waals surface area contributed by atoms with E-state index in [1.807, 2.05) is 0 Å². The third-order valence-electron chi connectivity index (χ3n) is 5.90. The molecule has 4 aromatic carbocycles. The summed E-state index contributed by atoms with van der Waals surface area (Å²) in [4.78, 5) is 3.52. The Hall–Kier alpha value is -3.52. The van der Waals surface area contributed by atoms with Crippen molar-refractivity contribution in [2.24, 2.45) is 0 Å². The number of hydrogen-bond acceptors (Lipinski definition) is 1. The van der Waals surface area contributed by atoms with E-state index in [9.17, 15) is 0 Å². The Balaban J connectivity index is 1.82. The third kappa shape index (κ3) is 1.97. The predicted molar refractivity (Wildman–Crippen MR) is 118 cm³/mol. The maximum atomic E-state index is 6.63. The van der Waals surface area contributed by atoms with Crippen molar-refractivity contribution in [1.29, 1.82) is 0 Å². The second-order valence-corrected chi connectivity index (χ2v) is 7.59. The first-order valence-corrected chi connectivity index (χ1v) is 9.63. The summed E-state index contributed by atoms with van der Waals surface area (Å²) in [6.45, 7) is 4.32. The Morgan fingerprint density at radius 1 is 0.607 bits per heavy atom. The summed E-state index contributed by atoms with van der Waals surface area (Å²) in [5.74, 6) is 0. The summed E-state index contributed by atoms with van der Waals surface area (Å²) in [6, 6.07) is 25.7. The average Bonchev–Trinajstić information content (AvgIpc) is 3.26. The Morgan fingerprint density at radius 2 is 1.36 bits per heavy atom. The molecular weight excluding hydrogens is 342 g/mol. The molecule has 0 bridgehead atoms. The second-order valence-electron chi connectivity index (χ2n) is 7.59. The number of aromatic amines is 1. The van der Waals surface area contributed by atoms with Gasteiger partial charge in [0.05, 0.1) is 10.9 Å². The fourth-order valence-electron chi connectivity index (χ4n) is 4.52. The lowest BCUT2D eigenvalue weighted by Gasteiger charge is -2.09. The summed E-state index contributed by atoms with van der Waals surface area (Å²) in [5.41, 5.74) is 9.11. The van der Waals surface area contributed by atoms with Gasteiger partial charge in [-0.05, 0) is 48.7 Å². The van der Waals surface area contributed by atoms with Crippen LogP contribution >= 0.6 is 0 Å². The van der Waals surface area contributed by atoms with E-state index in [1.54, 1.807) is 0 Å². The maximum absolute atomic E-state index is 6.63. The largest absolute Gasteiger partial charge is 0.455 e. The summed E-state index contributed by atoms with van der Waals surface area (Å²) >= 11 is 0. The zero-order valence-corrected chi connectivity index (χ0v) is 15.8. The van der Waals surface area contributed by atoms with Gasteiger partial charge in [-0.2, -0.15) is 0 Å². The van der Waals surface area contributed by atoms with Crippen LogP contribution in [-0.4, -0.2) is 4.98 Å². The fraction of sp³-hybridized carbons (Fsp3) is 0.0769. The molecule has 2 heteroatoms. The molecule has 0 spiro atoms. The minimum atomic E-state index is 0.963. The molecule has 0 aliphatic heterocycles. The van der Waals surface area contributed by atoms with Crippen LogP contribution in [0.4, 0.5) is 0 Å². The SMILES string of the molecule is Cc1ccccc1-c1c(C)ccc2c1oc1c2ccc2[nH]c3ccccc3c21. The van der Waals surface area contributed by atoms with Crippen LogP contribution in [0, 0.1) is 13.8 Å². The van der Waals surface area contributed by atoms with E-state index in [2.05, 4.69) is 91.6 Å². The monoisotopic (exact) mass is 361 g/mol. The average molecular weight is 361 g/mol. The number of nitrogens with one attached hydrogen (secondary N) is 1. The standard InChI is InChI=1S/C26H19NO/c1-15-7-3-4-8-17(15)23-16(2)11-12-18-19-13-14-22-24(26(19)28-25(18)23)20-9-5-6-10-21(20)27-22/h3-14,27H,1-2H3. The number of benzene rings is 4. The summed E-state index contributed by atoms with van der Waals surface area (Å²) in [6.07, 6.45) is 0. The van der Waals surface area contributed by atoms with Crippen molar-refractivity contribution in [3.63, 3.8) is 0 Å². The fourth-order valence-corrected chi connectivity index (χ4v) is 4.52. The summed E-state index contributed by atoms with van der Waals surface area (Å²) in [7, 11) is 0. The molecule has 0 saturated heterocycles. The van der Waals surface area contributed by atoms with Gasteiger partial charge in [-0.15, -0.1) is 0 Å².